The van der Waals surface area contributed by atoms with Gasteiger partial charge in [0.15, 0.2) is 0 Å². The summed E-state index contributed by atoms with van der Waals surface area (Å²) in [7, 11) is 0.937. The van der Waals surface area contributed by atoms with Crippen LogP contribution in [0.5, 0.6) is 5.75 Å². The number of para-hydroxylation sites is 1. The van der Waals surface area contributed by atoms with E-state index in [1.807, 2.05) is 0 Å². The van der Waals surface area contributed by atoms with E-state index < -0.39 is 6.30 Å². The van der Waals surface area contributed by atoms with Gasteiger partial charge in [-0.25, -0.2) is 4.90 Å². The van der Waals surface area contributed by atoms with Gasteiger partial charge in [-0.05, 0) is 13.1 Å². The van der Waals surface area contributed by atoms with Crippen molar-refractivity contribution in [1.29, 1.82) is 0 Å². The topological polar surface area (TPSA) is 23.5 Å². The quantitative estimate of drug-likeness (QED) is 0.749. The third-order valence-corrected chi connectivity index (χ3v) is 1.83. The number of phenols is 1. The molecule has 0 atom stereocenters. The third-order valence-electron chi connectivity index (χ3n) is 1.83. The molecule has 0 spiro atoms. The lowest BCUT2D eigenvalue weighted by Gasteiger charge is -2.20. The summed E-state index contributed by atoms with van der Waals surface area (Å²) in [5.74, 6) is -0.122. The summed E-state index contributed by atoms with van der Waals surface area (Å²) < 4.78 is 36.3. The zero-order valence-electron chi connectivity index (χ0n) is 7.54. The standard InChI is InChI=1S/C9H10F3NO/c1-13(9(10,11)12)6-7-4-2-3-5-8(7)14/h2-5,14H,6H2,1H3. The lowest BCUT2D eigenvalue weighted by Crippen LogP contribution is -2.33. The molecule has 2 nitrogen and oxygen atoms in total. The molecule has 0 radical (unpaired) electrons. The van der Waals surface area contributed by atoms with Crippen molar-refractivity contribution in [2.45, 2.75) is 12.8 Å². The van der Waals surface area contributed by atoms with Crippen LogP contribution >= 0.6 is 0 Å². The van der Waals surface area contributed by atoms with Crippen LogP contribution in [0.3, 0.4) is 0 Å². The number of alkyl halides is 3. The fourth-order valence-corrected chi connectivity index (χ4v) is 0.990. The first-order valence-electron chi connectivity index (χ1n) is 3.96. The van der Waals surface area contributed by atoms with E-state index in [4.69, 9.17) is 0 Å². The minimum Gasteiger partial charge on any atom is -0.508 e. The van der Waals surface area contributed by atoms with Crippen molar-refractivity contribution in [3.05, 3.63) is 29.8 Å². The van der Waals surface area contributed by atoms with Crippen molar-refractivity contribution in [1.82, 2.24) is 4.90 Å². The van der Waals surface area contributed by atoms with E-state index in [1.165, 1.54) is 12.1 Å². The second-order valence-corrected chi connectivity index (χ2v) is 2.95. The summed E-state index contributed by atoms with van der Waals surface area (Å²) in [6.45, 7) is -0.351. The minimum absolute atomic E-state index is 0.122. The van der Waals surface area contributed by atoms with Gasteiger partial charge < -0.3 is 5.11 Å². The van der Waals surface area contributed by atoms with Crippen LogP contribution in [0.4, 0.5) is 13.2 Å². The molecule has 1 N–H and O–H groups in total. The van der Waals surface area contributed by atoms with Gasteiger partial charge in [-0.1, -0.05) is 18.2 Å². The molecule has 1 rings (SSSR count). The number of hydrogen-bond acceptors (Lipinski definition) is 2. The maximum Gasteiger partial charge on any atom is 0.459 e. The van der Waals surface area contributed by atoms with E-state index >= 15 is 0 Å². The van der Waals surface area contributed by atoms with E-state index in [0.29, 0.717) is 0 Å². The van der Waals surface area contributed by atoms with E-state index in [0.717, 1.165) is 7.05 Å². The van der Waals surface area contributed by atoms with Gasteiger partial charge in [0, 0.05) is 12.1 Å². The highest BCUT2D eigenvalue weighted by Gasteiger charge is 2.33. The Morgan fingerprint density at radius 2 is 1.86 bits per heavy atom. The Morgan fingerprint density at radius 3 is 2.36 bits per heavy atom. The van der Waals surface area contributed by atoms with Gasteiger partial charge in [0.05, 0.1) is 0 Å². The molecule has 0 heterocycles. The fourth-order valence-electron chi connectivity index (χ4n) is 0.990. The smallest absolute Gasteiger partial charge is 0.459 e. The Labute approximate surface area is 79.6 Å². The van der Waals surface area contributed by atoms with E-state index in [-0.39, 0.29) is 22.8 Å². The lowest BCUT2D eigenvalue weighted by atomic mass is 10.2. The summed E-state index contributed by atoms with van der Waals surface area (Å²) in [6, 6.07) is 5.96. The number of phenolic OH excluding ortho intramolecular Hbond substituents is 1. The van der Waals surface area contributed by atoms with Crippen molar-refractivity contribution in [3.63, 3.8) is 0 Å². The molecule has 0 aliphatic heterocycles. The number of hydrogen-bond donors (Lipinski definition) is 1. The second kappa shape index (κ2) is 3.88. The van der Waals surface area contributed by atoms with Crippen LogP contribution in [-0.4, -0.2) is 23.4 Å². The van der Waals surface area contributed by atoms with Crippen molar-refractivity contribution >= 4 is 0 Å². The molecule has 0 aliphatic carbocycles. The molecule has 0 amide bonds. The van der Waals surface area contributed by atoms with Gasteiger partial charge in [-0.3, -0.25) is 0 Å². The average Bonchev–Trinajstić information content (AvgIpc) is 2.07. The first-order valence-corrected chi connectivity index (χ1v) is 3.96. The summed E-state index contributed by atoms with van der Waals surface area (Å²) in [5, 5.41) is 9.23. The fraction of sp³-hybridized carbons (Fsp3) is 0.333. The van der Waals surface area contributed by atoms with Crippen LogP contribution in [0.1, 0.15) is 5.56 Å². The monoisotopic (exact) mass is 205 g/mol. The molecule has 0 aliphatic rings. The highest BCUT2D eigenvalue weighted by Crippen LogP contribution is 2.24. The van der Waals surface area contributed by atoms with E-state index in [2.05, 4.69) is 0 Å². The Balaban J connectivity index is 2.75. The predicted octanol–water partition coefficient (Wildman–Crippen LogP) is 2.34. The number of nitrogens with zero attached hydrogens (tertiary/aromatic N) is 1. The van der Waals surface area contributed by atoms with Gasteiger partial charge in [-0.2, -0.15) is 13.2 Å². The molecule has 14 heavy (non-hydrogen) atoms. The van der Waals surface area contributed by atoms with E-state index in [1.54, 1.807) is 12.1 Å². The Bertz CT molecular complexity index is 311. The van der Waals surface area contributed by atoms with Crippen LogP contribution in [0.15, 0.2) is 24.3 Å². The Hall–Kier alpha value is -1.23. The Kier molecular flexibility index (Phi) is 3.00. The predicted molar refractivity (Wildman–Crippen MR) is 45.6 cm³/mol. The number of halogens is 3. The highest BCUT2D eigenvalue weighted by molar-refractivity contribution is 5.31. The van der Waals surface area contributed by atoms with Gasteiger partial charge in [0.25, 0.3) is 0 Å². The van der Waals surface area contributed by atoms with Crippen molar-refractivity contribution in [2.24, 2.45) is 0 Å². The van der Waals surface area contributed by atoms with E-state index in [9.17, 15) is 18.3 Å². The number of benzene rings is 1. The largest absolute Gasteiger partial charge is 0.508 e. The zero-order valence-corrected chi connectivity index (χ0v) is 7.54. The molecular weight excluding hydrogens is 195 g/mol. The summed E-state index contributed by atoms with van der Waals surface area (Å²) in [5.41, 5.74) is 0.257. The first kappa shape index (κ1) is 10.8. The maximum atomic E-state index is 12.1. The van der Waals surface area contributed by atoms with Gasteiger partial charge in [0.1, 0.15) is 5.75 Å². The highest BCUT2D eigenvalue weighted by atomic mass is 19.4. The number of rotatable bonds is 2. The maximum absolute atomic E-state index is 12.1. The van der Waals surface area contributed by atoms with Crippen LogP contribution in [0.25, 0.3) is 0 Å². The second-order valence-electron chi connectivity index (χ2n) is 2.95. The molecule has 1 aromatic rings. The molecule has 78 valence electrons. The molecule has 5 heteroatoms. The summed E-state index contributed by atoms with van der Waals surface area (Å²) in [4.78, 5) is 0.210. The van der Waals surface area contributed by atoms with Crippen molar-refractivity contribution in [2.75, 3.05) is 7.05 Å². The molecule has 1 aromatic carbocycles. The Morgan fingerprint density at radius 1 is 1.29 bits per heavy atom. The van der Waals surface area contributed by atoms with Crippen molar-refractivity contribution < 1.29 is 18.3 Å². The number of aromatic hydroxyl groups is 1. The molecule has 0 aromatic heterocycles. The molecular formula is C9H10F3NO. The lowest BCUT2D eigenvalue weighted by molar-refractivity contribution is -0.240. The van der Waals surface area contributed by atoms with Gasteiger partial charge >= 0.3 is 6.30 Å². The minimum atomic E-state index is -4.37. The molecule has 0 saturated heterocycles. The normalized spacial score (nSPS) is 12.1. The third kappa shape index (κ3) is 2.63. The molecule has 0 fully saturated rings. The van der Waals surface area contributed by atoms with Gasteiger partial charge in [0.2, 0.25) is 0 Å². The average molecular weight is 205 g/mol. The molecule has 0 saturated carbocycles. The van der Waals surface area contributed by atoms with Crippen molar-refractivity contribution in [3.8, 4) is 5.75 Å². The van der Waals surface area contributed by atoms with Crippen LogP contribution in [0, 0.1) is 0 Å². The van der Waals surface area contributed by atoms with Gasteiger partial charge in [-0.15, -0.1) is 0 Å². The van der Waals surface area contributed by atoms with Crippen LogP contribution < -0.4 is 0 Å². The van der Waals surface area contributed by atoms with Crippen LogP contribution in [-0.2, 0) is 6.54 Å². The molecule has 0 bridgehead atoms. The molecule has 0 unspecified atom stereocenters. The first-order chi connectivity index (χ1) is 6.41. The summed E-state index contributed by atoms with van der Waals surface area (Å²) >= 11 is 0. The van der Waals surface area contributed by atoms with Crippen LogP contribution in [0.2, 0.25) is 0 Å². The SMILES string of the molecule is CN(Cc1ccccc1O)C(F)(F)F. The summed E-state index contributed by atoms with van der Waals surface area (Å²) in [6.07, 6.45) is -4.37. The zero-order chi connectivity index (χ0) is 10.8.